The van der Waals surface area contributed by atoms with E-state index in [-0.39, 0.29) is 5.57 Å². The Labute approximate surface area is 176 Å². The lowest BCUT2D eigenvalue weighted by atomic mass is 10.2. The molecule has 1 heterocycles. The van der Waals surface area contributed by atoms with Gasteiger partial charge < -0.3 is 9.73 Å². The van der Waals surface area contributed by atoms with Crippen LogP contribution in [0.3, 0.4) is 0 Å². The van der Waals surface area contributed by atoms with E-state index in [2.05, 4.69) is 5.32 Å². The summed E-state index contributed by atoms with van der Waals surface area (Å²) in [6.07, 6.45) is 1.40. The maximum atomic E-state index is 12.4. The molecule has 3 rings (SSSR count). The van der Waals surface area contributed by atoms with Crippen LogP contribution >= 0.6 is 35.0 Å². The van der Waals surface area contributed by atoms with Crippen molar-refractivity contribution in [3.05, 3.63) is 81.5 Å². The Kier molecular flexibility index (Phi) is 6.48. The zero-order valence-corrected chi connectivity index (χ0v) is 17.0. The molecule has 7 heteroatoms. The van der Waals surface area contributed by atoms with Crippen molar-refractivity contribution in [2.45, 2.75) is 16.9 Å². The van der Waals surface area contributed by atoms with Crippen LogP contribution in [0.4, 0.5) is 5.69 Å². The third-order valence-corrected chi connectivity index (χ3v) is 5.30. The molecule has 0 spiro atoms. The third kappa shape index (κ3) is 5.20. The van der Waals surface area contributed by atoms with Crippen molar-refractivity contribution in [1.29, 1.82) is 5.26 Å². The van der Waals surface area contributed by atoms with E-state index in [0.29, 0.717) is 26.6 Å². The van der Waals surface area contributed by atoms with Crippen molar-refractivity contribution in [3.63, 3.8) is 0 Å². The topological polar surface area (TPSA) is 66.0 Å². The van der Waals surface area contributed by atoms with Crippen molar-refractivity contribution in [1.82, 2.24) is 0 Å². The van der Waals surface area contributed by atoms with Crippen LogP contribution in [-0.2, 0) is 4.79 Å². The number of hydrogen-bond donors (Lipinski definition) is 1. The molecule has 0 atom stereocenters. The Balaban J connectivity index is 1.72. The summed E-state index contributed by atoms with van der Waals surface area (Å²) >= 11 is 13.4. The van der Waals surface area contributed by atoms with E-state index in [4.69, 9.17) is 27.6 Å². The largest absolute Gasteiger partial charge is 0.450 e. The summed E-state index contributed by atoms with van der Waals surface area (Å²) in [4.78, 5) is 13.3. The number of carbonyl (C=O) groups excluding carboxylic acids is 1. The number of hydrogen-bond acceptors (Lipinski definition) is 4. The van der Waals surface area contributed by atoms with Gasteiger partial charge in [-0.05, 0) is 61.0 Å². The lowest BCUT2D eigenvalue weighted by Gasteiger charge is -2.06. The molecular weight excluding hydrogens is 415 g/mol. The fraction of sp³-hybridized carbons (Fsp3) is 0.0476. The molecule has 0 saturated heterocycles. The van der Waals surface area contributed by atoms with Crippen LogP contribution < -0.4 is 5.32 Å². The highest BCUT2D eigenvalue weighted by Crippen LogP contribution is 2.30. The number of aryl methyl sites for hydroxylation is 1. The Morgan fingerprint density at radius 3 is 2.57 bits per heavy atom. The number of halogens is 2. The molecule has 0 aliphatic carbocycles. The lowest BCUT2D eigenvalue weighted by molar-refractivity contribution is -0.112. The monoisotopic (exact) mass is 428 g/mol. The SMILES string of the molecule is Cc1ccc(NC(=O)/C(C#N)=C/c2ccc(Sc3ccc(Cl)cc3)o2)cc1Cl. The van der Waals surface area contributed by atoms with Gasteiger partial charge in [-0.1, -0.05) is 41.0 Å². The molecule has 3 aromatic rings. The number of nitrogens with one attached hydrogen (secondary N) is 1. The van der Waals surface area contributed by atoms with Crippen LogP contribution in [0.15, 0.2) is 74.6 Å². The summed E-state index contributed by atoms with van der Waals surface area (Å²) < 4.78 is 5.69. The lowest BCUT2D eigenvalue weighted by Crippen LogP contribution is -2.13. The van der Waals surface area contributed by atoms with Gasteiger partial charge in [-0.2, -0.15) is 5.26 Å². The number of furan rings is 1. The van der Waals surface area contributed by atoms with E-state index in [1.165, 1.54) is 17.8 Å². The molecule has 0 fully saturated rings. The van der Waals surface area contributed by atoms with Gasteiger partial charge in [0.1, 0.15) is 17.4 Å². The number of benzene rings is 2. The molecule has 0 aliphatic rings. The molecule has 28 heavy (non-hydrogen) atoms. The molecule has 0 saturated carbocycles. The second-order valence-electron chi connectivity index (χ2n) is 5.80. The molecule has 1 aromatic heterocycles. The first-order valence-electron chi connectivity index (χ1n) is 8.17. The first-order valence-corrected chi connectivity index (χ1v) is 9.74. The van der Waals surface area contributed by atoms with E-state index < -0.39 is 5.91 Å². The van der Waals surface area contributed by atoms with Gasteiger partial charge in [-0.25, -0.2) is 0 Å². The van der Waals surface area contributed by atoms with Gasteiger partial charge >= 0.3 is 0 Å². The number of anilines is 1. The average Bonchev–Trinajstić information content (AvgIpc) is 3.11. The highest BCUT2D eigenvalue weighted by atomic mass is 35.5. The molecule has 1 amide bonds. The number of carbonyl (C=O) groups is 1. The molecule has 140 valence electrons. The second-order valence-corrected chi connectivity index (χ2v) is 7.72. The molecule has 0 radical (unpaired) electrons. The van der Waals surface area contributed by atoms with E-state index in [1.54, 1.807) is 42.5 Å². The first kappa shape index (κ1) is 20.1. The zero-order valence-electron chi connectivity index (χ0n) is 14.7. The van der Waals surface area contributed by atoms with E-state index >= 15 is 0 Å². The Morgan fingerprint density at radius 2 is 1.89 bits per heavy atom. The van der Waals surface area contributed by atoms with Gasteiger partial charge in [0.05, 0.1) is 0 Å². The molecule has 0 aliphatic heterocycles. The van der Waals surface area contributed by atoms with Crippen molar-refractivity contribution >= 4 is 52.6 Å². The van der Waals surface area contributed by atoms with E-state index in [0.717, 1.165) is 10.5 Å². The fourth-order valence-corrected chi connectivity index (χ4v) is 3.33. The maximum absolute atomic E-state index is 12.4. The van der Waals surface area contributed by atoms with Gasteiger partial charge in [0.2, 0.25) is 0 Å². The minimum Gasteiger partial charge on any atom is -0.450 e. The van der Waals surface area contributed by atoms with Crippen molar-refractivity contribution in [2.24, 2.45) is 0 Å². The Hall–Kier alpha value is -2.65. The molecule has 1 N–H and O–H groups in total. The summed E-state index contributed by atoms with van der Waals surface area (Å²) in [5, 5.41) is 13.8. The summed E-state index contributed by atoms with van der Waals surface area (Å²) in [6.45, 7) is 1.87. The standard InChI is InChI=1S/C21H14Cl2N2O2S/c1-13-2-5-16(11-19(13)23)25-21(26)14(12-24)10-17-6-9-20(27-17)28-18-7-3-15(22)4-8-18/h2-11H,1H3,(H,25,26)/b14-10+. The van der Waals surface area contributed by atoms with E-state index in [9.17, 15) is 10.1 Å². The predicted octanol–water partition coefficient (Wildman–Crippen LogP) is 6.59. The zero-order chi connectivity index (χ0) is 20.1. The molecular formula is C21H14Cl2N2O2S. The van der Waals surface area contributed by atoms with Gasteiger partial charge in [-0.3, -0.25) is 4.79 Å². The Morgan fingerprint density at radius 1 is 1.14 bits per heavy atom. The molecule has 4 nitrogen and oxygen atoms in total. The van der Waals surface area contributed by atoms with Crippen molar-refractivity contribution < 1.29 is 9.21 Å². The van der Waals surface area contributed by atoms with Crippen LogP contribution in [0.1, 0.15) is 11.3 Å². The fourth-order valence-electron chi connectivity index (χ4n) is 2.25. The second kappa shape index (κ2) is 9.03. The Bertz CT molecular complexity index is 1080. The molecule has 0 bridgehead atoms. The average molecular weight is 429 g/mol. The van der Waals surface area contributed by atoms with Crippen LogP contribution in [0.25, 0.3) is 6.08 Å². The quantitative estimate of drug-likeness (QED) is 0.367. The summed E-state index contributed by atoms with van der Waals surface area (Å²) in [5.41, 5.74) is 1.34. The molecule has 0 unspecified atom stereocenters. The predicted molar refractivity (Wildman–Crippen MR) is 113 cm³/mol. The van der Waals surface area contributed by atoms with Gasteiger partial charge in [0, 0.05) is 26.7 Å². The smallest absolute Gasteiger partial charge is 0.266 e. The summed E-state index contributed by atoms with van der Waals surface area (Å²) in [7, 11) is 0. The van der Waals surface area contributed by atoms with Gasteiger partial charge in [0.25, 0.3) is 5.91 Å². The number of nitrogens with zero attached hydrogens (tertiary/aromatic N) is 1. The maximum Gasteiger partial charge on any atom is 0.266 e. The highest BCUT2D eigenvalue weighted by Gasteiger charge is 2.12. The van der Waals surface area contributed by atoms with Crippen LogP contribution in [0.5, 0.6) is 0 Å². The molecule has 2 aromatic carbocycles. The van der Waals surface area contributed by atoms with Crippen LogP contribution in [0, 0.1) is 18.3 Å². The minimum atomic E-state index is -0.536. The number of amides is 1. The number of nitriles is 1. The van der Waals surface area contributed by atoms with Crippen molar-refractivity contribution in [3.8, 4) is 6.07 Å². The first-order chi connectivity index (χ1) is 13.4. The third-order valence-electron chi connectivity index (χ3n) is 3.72. The van der Waals surface area contributed by atoms with E-state index in [1.807, 2.05) is 25.1 Å². The highest BCUT2D eigenvalue weighted by molar-refractivity contribution is 7.99. The summed E-state index contributed by atoms with van der Waals surface area (Å²) in [6, 6.07) is 17.9. The van der Waals surface area contributed by atoms with Crippen LogP contribution in [0.2, 0.25) is 10.0 Å². The summed E-state index contributed by atoms with van der Waals surface area (Å²) in [5.74, 6) is -0.129. The van der Waals surface area contributed by atoms with Gasteiger partial charge in [0.15, 0.2) is 5.09 Å². The van der Waals surface area contributed by atoms with Crippen molar-refractivity contribution in [2.75, 3.05) is 5.32 Å². The van der Waals surface area contributed by atoms with Gasteiger partial charge in [-0.15, -0.1) is 0 Å². The normalized spacial score (nSPS) is 11.1. The van der Waals surface area contributed by atoms with Crippen LogP contribution in [-0.4, -0.2) is 5.91 Å². The number of rotatable bonds is 5. The minimum absolute atomic E-state index is 0.0749.